The lowest BCUT2D eigenvalue weighted by molar-refractivity contribution is -0.125. The Morgan fingerprint density at radius 3 is 1.56 bits per heavy atom. The molecule has 0 aromatic heterocycles. The molecule has 1 aromatic carbocycles. The highest BCUT2D eigenvalue weighted by molar-refractivity contribution is 5.78. The van der Waals surface area contributed by atoms with Gasteiger partial charge in [-0.3, -0.25) is 4.79 Å². The average Bonchev–Trinajstić information content (AvgIpc) is 2.45. The summed E-state index contributed by atoms with van der Waals surface area (Å²) in [6.45, 7) is 15.5. The number of rotatable bonds is 6. The van der Waals surface area contributed by atoms with Crippen LogP contribution >= 0.6 is 0 Å². The predicted octanol–water partition coefficient (Wildman–Crippen LogP) is 3.64. The second-order valence-corrected chi connectivity index (χ2v) is 8.22. The molecule has 140 valence electrons. The minimum Gasteiger partial charge on any atom is -0.347 e. The highest BCUT2D eigenvalue weighted by Crippen LogP contribution is 2.25. The van der Waals surface area contributed by atoms with Gasteiger partial charge >= 0.3 is 6.03 Å². The fourth-order valence-electron chi connectivity index (χ4n) is 2.48. The molecule has 3 amide bonds. The zero-order valence-electron chi connectivity index (χ0n) is 16.8. The first-order chi connectivity index (χ1) is 11.3. The van der Waals surface area contributed by atoms with Crippen molar-refractivity contribution in [2.24, 2.45) is 5.92 Å². The largest absolute Gasteiger partial charge is 0.347 e. The second-order valence-electron chi connectivity index (χ2n) is 8.22. The van der Waals surface area contributed by atoms with Crippen LogP contribution in [-0.4, -0.2) is 18.0 Å². The number of carbonyl (C=O) groups is 2. The van der Waals surface area contributed by atoms with Crippen LogP contribution in [0.2, 0.25) is 0 Å². The van der Waals surface area contributed by atoms with Crippen LogP contribution in [0, 0.1) is 5.92 Å². The molecule has 5 heteroatoms. The van der Waals surface area contributed by atoms with Crippen molar-refractivity contribution in [3.05, 3.63) is 35.4 Å². The molecule has 1 aromatic rings. The predicted molar refractivity (Wildman–Crippen MR) is 102 cm³/mol. The summed E-state index contributed by atoms with van der Waals surface area (Å²) in [4.78, 5) is 24.0. The van der Waals surface area contributed by atoms with Gasteiger partial charge in [-0.2, -0.15) is 0 Å². The lowest BCUT2D eigenvalue weighted by atomic mass is 9.88. The molecule has 0 atom stereocenters. The Kier molecular flexibility index (Phi) is 6.63. The summed E-state index contributed by atoms with van der Waals surface area (Å²) in [5, 5.41) is 8.89. The molecule has 0 bridgehead atoms. The molecule has 0 heterocycles. The van der Waals surface area contributed by atoms with Crippen LogP contribution in [0.25, 0.3) is 0 Å². The van der Waals surface area contributed by atoms with Crippen LogP contribution in [0.4, 0.5) is 4.79 Å². The van der Waals surface area contributed by atoms with Gasteiger partial charge in [0.05, 0.1) is 11.1 Å². The quantitative estimate of drug-likeness (QED) is 0.735. The average molecular weight is 348 g/mol. The van der Waals surface area contributed by atoms with E-state index in [0.717, 1.165) is 11.1 Å². The van der Waals surface area contributed by atoms with Gasteiger partial charge in [0.1, 0.15) is 0 Å². The zero-order chi connectivity index (χ0) is 19.4. The van der Waals surface area contributed by atoms with Crippen molar-refractivity contribution >= 4 is 11.9 Å². The van der Waals surface area contributed by atoms with E-state index in [4.69, 9.17) is 0 Å². The monoisotopic (exact) mass is 347 g/mol. The van der Waals surface area contributed by atoms with E-state index in [9.17, 15) is 9.59 Å². The maximum Gasteiger partial charge on any atom is 0.315 e. The zero-order valence-corrected chi connectivity index (χ0v) is 16.8. The van der Waals surface area contributed by atoms with Crippen molar-refractivity contribution in [2.75, 3.05) is 0 Å². The van der Waals surface area contributed by atoms with Gasteiger partial charge in [0.2, 0.25) is 5.91 Å². The Hall–Kier alpha value is -2.04. The van der Waals surface area contributed by atoms with Crippen molar-refractivity contribution in [1.82, 2.24) is 16.0 Å². The molecular formula is C20H33N3O2. The third-order valence-electron chi connectivity index (χ3n) is 4.13. The maximum atomic E-state index is 12.0. The number of carbonyl (C=O) groups excluding carboxylic acids is 2. The molecule has 0 aliphatic carbocycles. The van der Waals surface area contributed by atoms with Gasteiger partial charge in [0.25, 0.3) is 0 Å². The highest BCUT2D eigenvalue weighted by Gasteiger charge is 2.26. The molecule has 1 rings (SSSR count). The molecule has 0 fully saturated rings. The number of hydrogen-bond donors (Lipinski definition) is 3. The van der Waals surface area contributed by atoms with Crippen LogP contribution in [-0.2, 0) is 15.9 Å². The first-order valence-electron chi connectivity index (χ1n) is 8.87. The van der Waals surface area contributed by atoms with Crippen LogP contribution in [0.5, 0.6) is 0 Å². The Balaban J connectivity index is 2.90. The Labute approximate surface area is 152 Å². The SMILES string of the molecule is CC(C)NC(=O)NC(C)(C)c1ccc(C(C)(C)NC(=O)C(C)C)cc1. The molecule has 0 saturated carbocycles. The van der Waals surface area contributed by atoms with Crippen LogP contribution in [0.3, 0.4) is 0 Å². The van der Waals surface area contributed by atoms with E-state index in [1.54, 1.807) is 0 Å². The van der Waals surface area contributed by atoms with E-state index in [1.807, 2.05) is 79.7 Å². The van der Waals surface area contributed by atoms with Gasteiger partial charge in [-0.25, -0.2) is 4.79 Å². The van der Waals surface area contributed by atoms with E-state index in [0.29, 0.717) is 0 Å². The molecule has 0 unspecified atom stereocenters. The number of urea groups is 1. The number of hydrogen-bond acceptors (Lipinski definition) is 2. The van der Waals surface area contributed by atoms with Crippen molar-refractivity contribution in [2.45, 2.75) is 72.5 Å². The number of benzene rings is 1. The van der Waals surface area contributed by atoms with Gasteiger partial charge in [0.15, 0.2) is 0 Å². The molecule has 25 heavy (non-hydrogen) atoms. The lowest BCUT2D eigenvalue weighted by Gasteiger charge is -2.30. The second kappa shape index (κ2) is 7.89. The van der Waals surface area contributed by atoms with E-state index in [2.05, 4.69) is 16.0 Å². The number of nitrogens with one attached hydrogen (secondary N) is 3. The minimum atomic E-state index is -0.497. The van der Waals surface area contributed by atoms with E-state index >= 15 is 0 Å². The van der Waals surface area contributed by atoms with Crippen molar-refractivity contribution < 1.29 is 9.59 Å². The summed E-state index contributed by atoms with van der Waals surface area (Å²) in [5.74, 6) is -0.0254. The first-order valence-corrected chi connectivity index (χ1v) is 8.87. The fourth-order valence-corrected chi connectivity index (χ4v) is 2.48. The van der Waals surface area contributed by atoms with E-state index in [-0.39, 0.29) is 23.9 Å². The third kappa shape index (κ3) is 6.07. The summed E-state index contributed by atoms with van der Waals surface area (Å²) < 4.78 is 0. The molecule has 0 saturated heterocycles. The van der Waals surface area contributed by atoms with Gasteiger partial charge in [0, 0.05) is 12.0 Å². The topological polar surface area (TPSA) is 70.2 Å². The summed E-state index contributed by atoms with van der Waals surface area (Å²) >= 11 is 0. The summed E-state index contributed by atoms with van der Waals surface area (Å²) in [7, 11) is 0. The Morgan fingerprint density at radius 2 is 1.20 bits per heavy atom. The van der Waals surface area contributed by atoms with Crippen molar-refractivity contribution in [3.63, 3.8) is 0 Å². The van der Waals surface area contributed by atoms with Crippen molar-refractivity contribution in [3.8, 4) is 0 Å². The summed E-state index contributed by atoms with van der Waals surface area (Å²) in [5.41, 5.74) is 1.07. The first kappa shape index (κ1) is 21.0. The highest BCUT2D eigenvalue weighted by atomic mass is 16.2. The van der Waals surface area contributed by atoms with Crippen LogP contribution < -0.4 is 16.0 Å². The molecule has 3 N–H and O–H groups in total. The lowest BCUT2D eigenvalue weighted by Crippen LogP contribution is -2.48. The van der Waals surface area contributed by atoms with Gasteiger partial charge in [-0.1, -0.05) is 38.1 Å². The minimum absolute atomic E-state index is 0.0291. The Bertz CT molecular complexity index is 602. The Morgan fingerprint density at radius 1 is 0.800 bits per heavy atom. The van der Waals surface area contributed by atoms with Gasteiger partial charge < -0.3 is 16.0 Å². The normalized spacial score (nSPS) is 12.2. The van der Waals surface area contributed by atoms with E-state index in [1.165, 1.54) is 0 Å². The van der Waals surface area contributed by atoms with Gasteiger partial charge in [-0.05, 0) is 52.7 Å². The van der Waals surface area contributed by atoms with E-state index < -0.39 is 11.1 Å². The van der Waals surface area contributed by atoms with Gasteiger partial charge in [-0.15, -0.1) is 0 Å². The van der Waals surface area contributed by atoms with Crippen LogP contribution in [0.1, 0.15) is 66.5 Å². The molecule has 0 spiro atoms. The molecule has 0 aliphatic heterocycles. The third-order valence-corrected chi connectivity index (χ3v) is 4.13. The summed E-state index contributed by atoms with van der Waals surface area (Å²) in [6.07, 6.45) is 0. The fraction of sp³-hybridized carbons (Fsp3) is 0.600. The molecular weight excluding hydrogens is 314 g/mol. The van der Waals surface area contributed by atoms with Crippen LogP contribution in [0.15, 0.2) is 24.3 Å². The molecule has 0 radical (unpaired) electrons. The molecule has 5 nitrogen and oxygen atoms in total. The van der Waals surface area contributed by atoms with Crippen molar-refractivity contribution in [1.29, 1.82) is 0 Å². The smallest absolute Gasteiger partial charge is 0.315 e. The molecule has 0 aliphatic rings. The standard InChI is InChI=1S/C20H33N3O2/c1-13(2)17(24)22-19(5,6)15-9-11-16(12-10-15)20(7,8)23-18(25)21-14(3)4/h9-14H,1-8H3,(H,22,24)(H2,21,23,25). The summed E-state index contributed by atoms with van der Waals surface area (Å²) in [6, 6.07) is 7.89. The maximum absolute atomic E-state index is 12.0. The number of amides is 3.